The van der Waals surface area contributed by atoms with Gasteiger partial charge in [-0.15, -0.1) is 0 Å². The third-order valence-corrected chi connectivity index (χ3v) is 4.62. The van der Waals surface area contributed by atoms with Crippen LogP contribution >= 0.6 is 0 Å². The number of fused-ring (bicyclic) bond motifs is 1. The zero-order valence-electron chi connectivity index (χ0n) is 13.7. The van der Waals surface area contributed by atoms with E-state index in [4.69, 9.17) is 9.47 Å². The molecule has 0 unspecified atom stereocenters. The molecule has 0 bridgehead atoms. The van der Waals surface area contributed by atoms with Gasteiger partial charge in [0, 0.05) is 12.0 Å². The van der Waals surface area contributed by atoms with Crippen LogP contribution in [0.3, 0.4) is 0 Å². The Kier molecular flexibility index (Phi) is 4.08. The van der Waals surface area contributed by atoms with Crippen molar-refractivity contribution >= 4 is 0 Å². The third kappa shape index (κ3) is 2.46. The summed E-state index contributed by atoms with van der Waals surface area (Å²) in [5, 5.41) is 0. The first-order chi connectivity index (χ1) is 10.7. The van der Waals surface area contributed by atoms with E-state index in [1.807, 2.05) is 0 Å². The van der Waals surface area contributed by atoms with Crippen molar-refractivity contribution in [2.24, 2.45) is 0 Å². The van der Waals surface area contributed by atoms with Gasteiger partial charge in [-0.3, -0.25) is 0 Å². The van der Waals surface area contributed by atoms with Gasteiger partial charge < -0.3 is 14.4 Å². The average Bonchev–Trinajstić information content (AvgIpc) is 2.92. The predicted molar refractivity (Wildman–Crippen MR) is 89.0 cm³/mol. The quantitative estimate of drug-likeness (QED) is 0.864. The van der Waals surface area contributed by atoms with Crippen molar-refractivity contribution in [1.82, 2.24) is 4.90 Å². The normalized spacial score (nSPS) is 20.0. The predicted octanol–water partition coefficient (Wildman–Crippen LogP) is 3.32. The summed E-state index contributed by atoms with van der Waals surface area (Å²) < 4.78 is 11.0. The van der Waals surface area contributed by atoms with E-state index in [0.717, 1.165) is 17.9 Å². The summed E-state index contributed by atoms with van der Waals surface area (Å²) in [4.78, 5) is 2.32. The molecular formula is C19H23NO2. The lowest BCUT2D eigenvalue weighted by atomic mass is 9.89. The maximum atomic E-state index is 5.50. The Bertz CT molecular complexity index is 652. The average molecular weight is 297 g/mol. The van der Waals surface area contributed by atoms with Crippen molar-refractivity contribution in [2.45, 2.75) is 18.4 Å². The molecule has 0 spiro atoms. The van der Waals surface area contributed by atoms with E-state index in [-0.39, 0.29) is 0 Å². The maximum absolute atomic E-state index is 5.50. The fourth-order valence-corrected chi connectivity index (χ4v) is 3.50. The van der Waals surface area contributed by atoms with Gasteiger partial charge in [0.25, 0.3) is 0 Å². The molecule has 1 aliphatic rings. The smallest absolute Gasteiger partial charge is 0.161 e. The Hall–Kier alpha value is -2.00. The highest BCUT2D eigenvalue weighted by molar-refractivity contribution is 5.54. The lowest BCUT2D eigenvalue weighted by molar-refractivity contribution is 0.283. The van der Waals surface area contributed by atoms with Crippen LogP contribution in [0.4, 0.5) is 0 Å². The molecule has 2 atom stereocenters. The molecule has 0 aromatic heterocycles. The molecule has 22 heavy (non-hydrogen) atoms. The molecule has 0 saturated heterocycles. The van der Waals surface area contributed by atoms with Crippen molar-refractivity contribution < 1.29 is 9.47 Å². The highest BCUT2D eigenvalue weighted by Gasteiger charge is 2.36. The number of methoxy groups -OCH3 is 2. The second kappa shape index (κ2) is 6.01. The summed E-state index contributed by atoms with van der Waals surface area (Å²) in [5.74, 6) is 1.99. The van der Waals surface area contributed by atoms with Gasteiger partial charge in [0.15, 0.2) is 11.5 Å². The van der Waals surface area contributed by atoms with Crippen LogP contribution in [0, 0.1) is 0 Å². The van der Waals surface area contributed by atoms with Crippen LogP contribution in [0.25, 0.3) is 0 Å². The highest BCUT2D eigenvalue weighted by Crippen LogP contribution is 2.44. The molecular weight excluding hydrogens is 274 g/mol. The van der Waals surface area contributed by atoms with Crippen molar-refractivity contribution in [3.63, 3.8) is 0 Å². The van der Waals surface area contributed by atoms with Gasteiger partial charge in [0.2, 0.25) is 0 Å². The molecule has 0 heterocycles. The largest absolute Gasteiger partial charge is 0.493 e. The number of hydrogen-bond donors (Lipinski definition) is 0. The summed E-state index contributed by atoms with van der Waals surface area (Å²) >= 11 is 0. The highest BCUT2D eigenvalue weighted by atomic mass is 16.5. The van der Waals surface area contributed by atoms with Crippen molar-refractivity contribution in [1.29, 1.82) is 0 Å². The lowest BCUT2D eigenvalue weighted by Gasteiger charge is -2.27. The Morgan fingerprint density at radius 3 is 2.18 bits per heavy atom. The van der Waals surface area contributed by atoms with Crippen LogP contribution in [0.5, 0.6) is 11.5 Å². The van der Waals surface area contributed by atoms with Gasteiger partial charge >= 0.3 is 0 Å². The number of benzene rings is 2. The number of rotatable bonds is 4. The van der Waals surface area contributed by atoms with Gasteiger partial charge in [-0.25, -0.2) is 0 Å². The minimum atomic E-state index is 0.367. The van der Waals surface area contributed by atoms with Crippen LogP contribution in [0.1, 0.15) is 22.6 Å². The Morgan fingerprint density at radius 2 is 1.59 bits per heavy atom. The number of likely N-dealkylation sites (N-methyl/N-ethyl adjacent to an activating group) is 1. The molecule has 0 N–H and O–H groups in total. The number of hydrogen-bond acceptors (Lipinski definition) is 3. The summed E-state index contributed by atoms with van der Waals surface area (Å²) in [6.45, 7) is 0. The topological polar surface area (TPSA) is 21.7 Å². The number of nitrogens with zero attached hydrogens (tertiary/aromatic N) is 1. The zero-order valence-corrected chi connectivity index (χ0v) is 13.7. The molecule has 0 amide bonds. The zero-order chi connectivity index (χ0) is 15.7. The van der Waals surface area contributed by atoms with Crippen LogP contribution in [-0.2, 0) is 6.42 Å². The van der Waals surface area contributed by atoms with Gasteiger partial charge in [0.1, 0.15) is 0 Å². The van der Waals surface area contributed by atoms with E-state index in [2.05, 4.69) is 61.5 Å². The van der Waals surface area contributed by atoms with E-state index < -0.39 is 0 Å². The van der Waals surface area contributed by atoms with Gasteiger partial charge in [-0.1, -0.05) is 30.3 Å². The summed E-state index contributed by atoms with van der Waals surface area (Å²) in [5.41, 5.74) is 4.06. The second-order valence-corrected chi connectivity index (χ2v) is 6.03. The molecule has 116 valence electrons. The molecule has 2 aromatic rings. The molecule has 2 aromatic carbocycles. The first kappa shape index (κ1) is 14.9. The molecule has 0 fully saturated rings. The Balaban J connectivity index is 2.13. The van der Waals surface area contributed by atoms with Crippen molar-refractivity contribution in [3.8, 4) is 11.5 Å². The first-order valence-electron chi connectivity index (χ1n) is 7.62. The van der Waals surface area contributed by atoms with E-state index >= 15 is 0 Å². The molecule has 0 aliphatic heterocycles. The fraction of sp³-hybridized carbons (Fsp3) is 0.368. The first-order valence-corrected chi connectivity index (χ1v) is 7.62. The van der Waals surface area contributed by atoms with Gasteiger partial charge in [-0.05, 0) is 49.3 Å². The van der Waals surface area contributed by atoms with E-state index in [9.17, 15) is 0 Å². The van der Waals surface area contributed by atoms with E-state index in [1.165, 1.54) is 16.7 Å². The van der Waals surface area contributed by atoms with E-state index in [1.54, 1.807) is 14.2 Å². The summed E-state index contributed by atoms with van der Waals surface area (Å²) in [6, 6.07) is 15.5. The minimum absolute atomic E-state index is 0.367. The van der Waals surface area contributed by atoms with Crippen molar-refractivity contribution in [3.05, 3.63) is 59.2 Å². The molecule has 3 heteroatoms. The van der Waals surface area contributed by atoms with Crippen LogP contribution in [0.2, 0.25) is 0 Å². The van der Waals surface area contributed by atoms with Gasteiger partial charge in [-0.2, -0.15) is 0 Å². The molecule has 1 aliphatic carbocycles. The lowest BCUT2D eigenvalue weighted by Crippen LogP contribution is -2.32. The monoisotopic (exact) mass is 297 g/mol. The molecule has 0 radical (unpaired) electrons. The fourth-order valence-electron chi connectivity index (χ4n) is 3.50. The van der Waals surface area contributed by atoms with Crippen LogP contribution in [0.15, 0.2) is 42.5 Å². The third-order valence-electron chi connectivity index (χ3n) is 4.62. The maximum Gasteiger partial charge on any atom is 0.161 e. The SMILES string of the molecule is COc1cc2c(cc1OC)[C@H](c1ccccc1)[C@@H](N(C)C)C2. The summed E-state index contributed by atoms with van der Waals surface area (Å²) in [6.07, 6.45) is 1.03. The minimum Gasteiger partial charge on any atom is -0.493 e. The second-order valence-electron chi connectivity index (χ2n) is 6.03. The summed E-state index contributed by atoms with van der Waals surface area (Å²) in [7, 11) is 7.69. The molecule has 3 nitrogen and oxygen atoms in total. The van der Waals surface area contributed by atoms with E-state index in [0.29, 0.717) is 12.0 Å². The van der Waals surface area contributed by atoms with Crippen molar-refractivity contribution in [2.75, 3.05) is 28.3 Å². The molecule has 3 rings (SSSR count). The Labute approximate surface area is 132 Å². The van der Waals surface area contributed by atoms with Gasteiger partial charge in [0.05, 0.1) is 14.2 Å². The van der Waals surface area contributed by atoms with Crippen LogP contribution < -0.4 is 9.47 Å². The Morgan fingerprint density at radius 1 is 0.955 bits per heavy atom. The molecule has 0 saturated carbocycles. The van der Waals surface area contributed by atoms with Crippen LogP contribution in [-0.4, -0.2) is 39.3 Å². The standard InChI is InChI=1S/C19H23NO2/c1-20(2)16-10-14-11-17(21-3)18(22-4)12-15(14)19(16)13-8-6-5-7-9-13/h5-9,11-12,16,19H,10H2,1-4H3/t16-,19-/m0/s1. The number of ether oxygens (including phenoxy) is 2.